The van der Waals surface area contributed by atoms with E-state index in [4.69, 9.17) is 16.3 Å². The average molecular weight is 361 g/mol. The molecule has 1 aliphatic heterocycles. The lowest BCUT2D eigenvalue weighted by Gasteiger charge is -2.37. The molecule has 9 heteroatoms. The van der Waals surface area contributed by atoms with Crippen LogP contribution >= 0.6 is 11.6 Å². The number of hydrogen-bond acceptors (Lipinski definition) is 4. The smallest absolute Gasteiger partial charge is 0.246 e. The number of rotatable bonds is 4. The molecule has 0 saturated carbocycles. The third-order valence-electron chi connectivity index (χ3n) is 3.33. The molecular weight excluding hydrogens is 350 g/mol. The van der Waals surface area contributed by atoms with Gasteiger partial charge in [0.25, 0.3) is 0 Å². The summed E-state index contributed by atoms with van der Waals surface area (Å²) in [6, 6.07) is 5.54. The minimum Gasteiger partial charge on any atom is -0.470 e. The average Bonchev–Trinajstić information content (AvgIpc) is 2.46. The second-order valence-corrected chi connectivity index (χ2v) is 7.24. The maximum Gasteiger partial charge on any atom is 0.246 e. The van der Waals surface area contributed by atoms with Crippen LogP contribution in [0.1, 0.15) is 0 Å². The first-order valence-electron chi connectivity index (χ1n) is 6.60. The van der Waals surface area contributed by atoms with Crippen LogP contribution in [0, 0.1) is 11.6 Å². The normalized spacial score (nSPS) is 16.1. The number of aromatic nitrogens is 1. The summed E-state index contributed by atoms with van der Waals surface area (Å²) in [6.07, 6.45) is 1.05. The van der Waals surface area contributed by atoms with Gasteiger partial charge in [0.05, 0.1) is 13.1 Å². The maximum absolute atomic E-state index is 13.7. The van der Waals surface area contributed by atoms with Gasteiger partial charge >= 0.3 is 0 Å². The highest BCUT2D eigenvalue weighted by molar-refractivity contribution is 7.89. The molecule has 5 nitrogen and oxygen atoms in total. The Hall–Kier alpha value is -1.77. The summed E-state index contributed by atoms with van der Waals surface area (Å²) in [4.78, 5) is 3.25. The summed E-state index contributed by atoms with van der Waals surface area (Å²) in [5.74, 6) is -1.62. The summed E-state index contributed by atoms with van der Waals surface area (Å²) >= 11 is 5.90. The molecule has 3 rings (SSSR count). The Morgan fingerprint density at radius 3 is 2.70 bits per heavy atom. The number of hydrogen-bond donors (Lipinski definition) is 0. The van der Waals surface area contributed by atoms with Gasteiger partial charge in [-0.15, -0.1) is 0 Å². The van der Waals surface area contributed by atoms with E-state index in [9.17, 15) is 17.2 Å². The fourth-order valence-corrected chi connectivity index (χ4v) is 3.85. The largest absolute Gasteiger partial charge is 0.470 e. The lowest BCUT2D eigenvalue weighted by atomic mass is 10.2. The molecule has 0 bridgehead atoms. The van der Waals surface area contributed by atoms with Crippen molar-refractivity contribution in [2.75, 3.05) is 13.1 Å². The van der Waals surface area contributed by atoms with E-state index in [1.54, 1.807) is 12.1 Å². The molecule has 0 spiro atoms. The van der Waals surface area contributed by atoms with E-state index >= 15 is 0 Å². The van der Waals surface area contributed by atoms with Crippen LogP contribution < -0.4 is 4.74 Å². The quantitative estimate of drug-likeness (QED) is 0.840. The van der Waals surface area contributed by atoms with Gasteiger partial charge in [-0.1, -0.05) is 11.6 Å². The van der Waals surface area contributed by atoms with Crippen LogP contribution in [0.5, 0.6) is 5.88 Å². The summed E-state index contributed by atoms with van der Waals surface area (Å²) in [7, 11) is -4.11. The lowest BCUT2D eigenvalue weighted by Crippen LogP contribution is -2.56. The van der Waals surface area contributed by atoms with Crippen LogP contribution in [0.3, 0.4) is 0 Å². The minimum absolute atomic E-state index is 0.00515. The van der Waals surface area contributed by atoms with Crippen LogP contribution in [0.4, 0.5) is 8.78 Å². The first-order chi connectivity index (χ1) is 10.9. The Morgan fingerprint density at radius 1 is 1.26 bits per heavy atom. The lowest BCUT2D eigenvalue weighted by molar-refractivity contribution is 0.0720. The predicted molar refractivity (Wildman–Crippen MR) is 78.8 cm³/mol. The molecule has 1 fully saturated rings. The number of benzene rings is 1. The maximum atomic E-state index is 13.7. The second kappa shape index (κ2) is 6.03. The predicted octanol–water partition coefficient (Wildman–Crippen LogP) is 2.47. The Labute approximate surface area is 136 Å². The van der Waals surface area contributed by atoms with E-state index in [2.05, 4.69) is 4.98 Å². The molecule has 0 unspecified atom stereocenters. The molecule has 2 heterocycles. The van der Waals surface area contributed by atoms with Crippen LogP contribution in [0.15, 0.2) is 41.4 Å². The number of pyridine rings is 1. The number of nitrogens with zero attached hydrogens (tertiary/aromatic N) is 2. The van der Waals surface area contributed by atoms with Crippen molar-refractivity contribution in [3.05, 3.63) is 53.2 Å². The fraction of sp³-hybridized carbons (Fsp3) is 0.214. The first kappa shape index (κ1) is 16.1. The minimum atomic E-state index is -4.11. The topological polar surface area (TPSA) is 59.5 Å². The molecule has 122 valence electrons. The monoisotopic (exact) mass is 360 g/mol. The van der Waals surface area contributed by atoms with Gasteiger partial charge in [0.1, 0.15) is 27.7 Å². The van der Waals surface area contributed by atoms with Crippen LogP contribution in [-0.2, 0) is 10.0 Å². The van der Waals surface area contributed by atoms with Gasteiger partial charge in [0.15, 0.2) is 0 Å². The number of halogens is 3. The molecule has 1 saturated heterocycles. The molecule has 2 aromatic rings. The van der Waals surface area contributed by atoms with E-state index in [0.717, 1.165) is 16.4 Å². The van der Waals surface area contributed by atoms with Crippen molar-refractivity contribution in [3.8, 4) is 5.88 Å². The van der Waals surface area contributed by atoms with E-state index in [0.29, 0.717) is 11.1 Å². The molecule has 0 amide bonds. The fourth-order valence-electron chi connectivity index (χ4n) is 2.10. The molecule has 1 aliphatic rings. The van der Waals surface area contributed by atoms with Gasteiger partial charge in [-0.3, -0.25) is 0 Å². The van der Waals surface area contributed by atoms with Crippen LogP contribution in [0.25, 0.3) is 0 Å². The molecule has 0 atom stereocenters. The highest BCUT2D eigenvalue weighted by atomic mass is 35.5. The molecular formula is C14H11ClF2N2O3S. The van der Waals surface area contributed by atoms with E-state index in [1.807, 2.05) is 0 Å². The van der Waals surface area contributed by atoms with E-state index < -0.39 is 32.7 Å². The summed E-state index contributed by atoms with van der Waals surface area (Å²) in [5, 5.41) is 0.310. The van der Waals surface area contributed by atoms with Crippen molar-refractivity contribution in [1.29, 1.82) is 0 Å². The Kier molecular flexibility index (Phi) is 4.22. The van der Waals surface area contributed by atoms with Gasteiger partial charge < -0.3 is 4.74 Å². The molecule has 0 radical (unpaired) electrons. The van der Waals surface area contributed by atoms with E-state index in [-0.39, 0.29) is 19.0 Å². The number of sulfonamides is 1. The Balaban J connectivity index is 1.71. The summed E-state index contributed by atoms with van der Waals surface area (Å²) in [6.45, 7) is 0.0103. The van der Waals surface area contributed by atoms with Crippen molar-refractivity contribution in [1.82, 2.24) is 9.29 Å². The number of ether oxygens (including phenoxy) is 1. The van der Waals surface area contributed by atoms with Crippen molar-refractivity contribution in [3.63, 3.8) is 0 Å². The molecule has 0 N–H and O–H groups in total. The zero-order valence-corrected chi connectivity index (χ0v) is 13.2. The first-order valence-corrected chi connectivity index (χ1v) is 8.42. The Morgan fingerprint density at radius 2 is 2.00 bits per heavy atom. The van der Waals surface area contributed by atoms with Gasteiger partial charge in [-0.2, -0.15) is 4.31 Å². The molecule has 1 aromatic carbocycles. The van der Waals surface area contributed by atoms with Crippen molar-refractivity contribution < 1.29 is 21.9 Å². The van der Waals surface area contributed by atoms with Crippen molar-refractivity contribution in [2.45, 2.75) is 11.0 Å². The van der Waals surface area contributed by atoms with Crippen molar-refractivity contribution in [2.24, 2.45) is 0 Å². The third kappa shape index (κ3) is 3.15. The summed E-state index contributed by atoms with van der Waals surface area (Å²) in [5.41, 5.74) is 0. The highest BCUT2D eigenvalue weighted by Crippen LogP contribution is 2.28. The molecule has 1 aromatic heterocycles. The molecule has 23 heavy (non-hydrogen) atoms. The van der Waals surface area contributed by atoms with Crippen LogP contribution in [0.2, 0.25) is 5.02 Å². The third-order valence-corrected chi connectivity index (χ3v) is 5.46. The van der Waals surface area contributed by atoms with E-state index in [1.165, 1.54) is 6.20 Å². The zero-order valence-electron chi connectivity index (χ0n) is 11.6. The zero-order chi connectivity index (χ0) is 16.6. The van der Waals surface area contributed by atoms with Crippen molar-refractivity contribution >= 4 is 21.6 Å². The Bertz CT molecular complexity index is 842. The van der Waals surface area contributed by atoms with Gasteiger partial charge in [-0.25, -0.2) is 22.2 Å². The summed E-state index contributed by atoms with van der Waals surface area (Å²) < 4.78 is 57.9. The van der Waals surface area contributed by atoms with Gasteiger partial charge in [0, 0.05) is 6.20 Å². The van der Waals surface area contributed by atoms with Crippen LogP contribution in [-0.4, -0.2) is 36.9 Å². The molecule has 0 aliphatic carbocycles. The standard InChI is InChI=1S/C14H11ClF2N2O3S/c15-11-2-1-5-18-14(11)22-10-7-19(8-10)23(20,21)13-6-9(16)3-4-12(13)17/h1-6,10H,7-8H2. The second-order valence-electron chi connectivity index (χ2n) is 4.93. The van der Waals surface area contributed by atoms with Gasteiger partial charge in [-0.05, 0) is 30.3 Å². The highest BCUT2D eigenvalue weighted by Gasteiger charge is 2.39. The van der Waals surface area contributed by atoms with Gasteiger partial charge in [0.2, 0.25) is 15.9 Å². The SMILES string of the molecule is O=S(=O)(c1cc(F)ccc1F)N1CC(Oc2ncccc2Cl)C1.